The van der Waals surface area contributed by atoms with Crippen molar-refractivity contribution in [1.82, 2.24) is 4.98 Å². The Morgan fingerprint density at radius 1 is 0.971 bits per heavy atom. The van der Waals surface area contributed by atoms with Crippen molar-refractivity contribution >= 4 is 26.7 Å². The summed E-state index contributed by atoms with van der Waals surface area (Å²) >= 11 is 0. The van der Waals surface area contributed by atoms with Crippen molar-refractivity contribution in [2.75, 3.05) is 0 Å². The van der Waals surface area contributed by atoms with Gasteiger partial charge in [0, 0.05) is 16.6 Å². The van der Waals surface area contributed by atoms with E-state index in [0.717, 1.165) is 30.5 Å². The number of rotatable bonds is 6. The predicted molar refractivity (Wildman–Crippen MR) is 124 cm³/mol. The molecule has 4 aromatic rings. The van der Waals surface area contributed by atoms with Gasteiger partial charge in [0.2, 0.25) is 0 Å². The molecule has 5 nitrogen and oxygen atoms in total. The third-order valence-corrected chi connectivity index (χ3v) is 8.32. The number of aromatic nitrogens is 1. The molecule has 0 radical (unpaired) electrons. The van der Waals surface area contributed by atoms with Crippen LogP contribution in [0.1, 0.15) is 56.8 Å². The summed E-state index contributed by atoms with van der Waals surface area (Å²) in [6, 6.07) is 16.8. The molecule has 1 saturated carbocycles. The van der Waals surface area contributed by atoms with Crippen molar-refractivity contribution in [2.24, 2.45) is 0 Å². The third kappa shape index (κ3) is 4.43. The number of nitrogens with one attached hydrogen (secondary N) is 1. The molecule has 1 aromatic heterocycles. The van der Waals surface area contributed by atoms with Crippen LogP contribution in [0.25, 0.3) is 10.9 Å². The Balaban J connectivity index is 1.66. The maximum atomic E-state index is 13.9. The summed E-state index contributed by atoms with van der Waals surface area (Å²) in [5, 5.41) is 8.18. The summed E-state index contributed by atoms with van der Waals surface area (Å²) in [4.78, 5) is 14.4. The van der Waals surface area contributed by atoms with Crippen LogP contribution in [0, 0.1) is 0 Å². The van der Waals surface area contributed by atoms with Gasteiger partial charge in [-0.2, -0.15) is 13.2 Å². The Labute approximate surface area is 199 Å². The van der Waals surface area contributed by atoms with Crippen LogP contribution in [-0.4, -0.2) is 24.5 Å². The third-order valence-electron chi connectivity index (χ3n) is 6.26. The van der Waals surface area contributed by atoms with Crippen LogP contribution in [0.2, 0.25) is 0 Å². The first kappa shape index (κ1) is 23.2. The van der Waals surface area contributed by atoms with Crippen LogP contribution in [0.15, 0.2) is 77.7 Å². The number of hydrogen-bond donors (Lipinski definition) is 2. The first-order valence-corrected chi connectivity index (χ1v) is 12.5. The van der Waals surface area contributed by atoms with E-state index in [-0.39, 0.29) is 21.5 Å². The van der Waals surface area contributed by atoms with Gasteiger partial charge in [0.25, 0.3) is 0 Å². The second-order valence-electron chi connectivity index (χ2n) is 8.72. The Bertz CT molecular complexity index is 1540. The van der Waals surface area contributed by atoms with E-state index in [1.165, 1.54) is 42.5 Å². The maximum Gasteiger partial charge on any atom is 0.416 e. The SMILES string of the molecule is O=C(O)c1ccc(C(c2cc3cc(C(F)(F)F)ccc3[nH]2)S(=O)(=O)c2cccc(C3CC3)c2)cc1. The van der Waals surface area contributed by atoms with Crippen molar-refractivity contribution in [3.63, 3.8) is 0 Å². The Morgan fingerprint density at radius 3 is 2.31 bits per heavy atom. The molecule has 0 saturated heterocycles. The lowest BCUT2D eigenvalue weighted by Gasteiger charge is -2.18. The summed E-state index contributed by atoms with van der Waals surface area (Å²) in [6.07, 6.45) is -2.55. The van der Waals surface area contributed by atoms with Gasteiger partial charge in [0.1, 0.15) is 5.25 Å². The number of aromatic amines is 1. The van der Waals surface area contributed by atoms with Gasteiger partial charge in [0.05, 0.1) is 16.0 Å². The van der Waals surface area contributed by atoms with Gasteiger partial charge in [-0.05, 0) is 78.4 Å². The first-order valence-electron chi connectivity index (χ1n) is 10.9. The van der Waals surface area contributed by atoms with Gasteiger partial charge >= 0.3 is 12.1 Å². The smallest absolute Gasteiger partial charge is 0.416 e. The van der Waals surface area contributed by atoms with E-state index < -0.39 is 32.8 Å². The van der Waals surface area contributed by atoms with Crippen LogP contribution < -0.4 is 0 Å². The number of H-pyrrole nitrogens is 1. The zero-order valence-corrected chi connectivity index (χ0v) is 19.0. The predicted octanol–water partition coefficient (Wildman–Crippen LogP) is 6.33. The van der Waals surface area contributed by atoms with Gasteiger partial charge < -0.3 is 10.1 Å². The van der Waals surface area contributed by atoms with E-state index >= 15 is 0 Å². The molecule has 0 spiro atoms. The number of carboxylic acids is 1. The van der Waals surface area contributed by atoms with Crippen LogP contribution in [0.3, 0.4) is 0 Å². The Kier molecular flexibility index (Phi) is 5.47. The van der Waals surface area contributed by atoms with Crippen LogP contribution in [-0.2, 0) is 16.0 Å². The van der Waals surface area contributed by atoms with Gasteiger partial charge in [-0.15, -0.1) is 0 Å². The normalized spacial score (nSPS) is 15.3. The zero-order chi connectivity index (χ0) is 25.0. The number of alkyl halides is 3. The molecular weight excluding hydrogens is 479 g/mol. The van der Waals surface area contributed by atoms with Crippen molar-refractivity contribution in [1.29, 1.82) is 0 Å². The number of aromatic carboxylic acids is 1. The van der Waals surface area contributed by atoms with Crippen LogP contribution >= 0.6 is 0 Å². The molecule has 35 heavy (non-hydrogen) atoms. The van der Waals surface area contributed by atoms with E-state index in [2.05, 4.69) is 4.98 Å². The monoisotopic (exact) mass is 499 g/mol. The molecule has 0 bridgehead atoms. The molecule has 1 fully saturated rings. The zero-order valence-electron chi connectivity index (χ0n) is 18.2. The first-order chi connectivity index (χ1) is 16.5. The van der Waals surface area contributed by atoms with E-state index in [9.17, 15) is 31.5 Å². The molecule has 0 amide bonds. The maximum absolute atomic E-state index is 13.9. The molecule has 0 aliphatic heterocycles. The van der Waals surface area contributed by atoms with E-state index in [1.54, 1.807) is 12.1 Å². The second kappa shape index (κ2) is 8.27. The lowest BCUT2D eigenvalue weighted by atomic mass is 10.1. The Hall–Kier alpha value is -3.59. The number of hydrogen-bond acceptors (Lipinski definition) is 3. The number of benzene rings is 3. The summed E-state index contributed by atoms with van der Waals surface area (Å²) in [5.41, 5.74) is 0.943. The highest BCUT2D eigenvalue weighted by atomic mass is 32.2. The van der Waals surface area contributed by atoms with Gasteiger partial charge in [-0.1, -0.05) is 24.3 Å². The van der Waals surface area contributed by atoms with Crippen molar-refractivity contribution in [3.05, 3.63) is 101 Å². The van der Waals surface area contributed by atoms with E-state index in [4.69, 9.17) is 0 Å². The summed E-state index contributed by atoms with van der Waals surface area (Å²) in [7, 11) is -4.06. The molecule has 1 atom stereocenters. The quantitative estimate of drug-likeness (QED) is 0.325. The number of halogens is 3. The lowest BCUT2D eigenvalue weighted by molar-refractivity contribution is -0.137. The minimum Gasteiger partial charge on any atom is -0.478 e. The van der Waals surface area contributed by atoms with Gasteiger partial charge in [0.15, 0.2) is 9.84 Å². The highest BCUT2D eigenvalue weighted by molar-refractivity contribution is 7.91. The molecule has 1 aliphatic rings. The molecule has 1 aliphatic carbocycles. The number of carbonyl (C=O) groups is 1. The topological polar surface area (TPSA) is 87.2 Å². The number of sulfone groups is 1. The fourth-order valence-electron chi connectivity index (χ4n) is 4.30. The van der Waals surface area contributed by atoms with Crippen LogP contribution in [0.5, 0.6) is 0 Å². The lowest BCUT2D eigenvalue weighted by Crippen LogP contribution is -2.16. The minimum absolute atomic E-state index is 0.00732. The number of carboxylic acid groups (broad SMARTS) is 1. The summed E-state index contributed by atoms with van der Waals surface area (Å²) in [5.74, 6) is -0.828. The molecule has 5 rings (SSSR count). The molecular formula is C26H20F3NO4S. The summed E-state index contributed by atoms with van der Waals surface area (Å²) < 4.78 is 67.5. The fourth-order valence-corrected chi connectivity index (χ4v) is 6.11. The van der Waals surface area contributed by atoms with E-state index in [0.29, 0.717) is 17.0 Å². The average Bonchev–Trinajstić information content (AvgIpc) is 3.58. The largest absolute Gasteiger partial charge is 0.478 e. The number of fused-ring (bicyclic) bond motifs is 1. The van der Waals surface area contributed by atoms with Crippen molar-refractivity contribution < 1.29 is 31.5 Å². The fraction of sp³-hybridized carbons (Fsp3) is 0.192. The molecule has 180 valence electrons. The van der Waals surface area contributed by atoms with Crippen molar-refractivity contribution in [2.45, 2.75) is 35.1 Å². The standard InChI is InChI=1S/C26H20F3NO4S/c27-26(28,29)20-10-11-22-19(12-20)14-23(30-22)24(16-6-8-17(9-7-16)25(31)32)35(33,34)21-3-1-2-18(13-21)15-4-5-15/h1-3,6-15,24,30H,4-5H2,(H,31,32). The minimum atomic E-state index is -4.53. The van der Waals surface area contributed by atoms with Crippen LogP contribution in [0.4, 0.5) is 13.2 Å². The highest BCUT2D eigenvalue weighted by Crippen LogP contribution is 2.42. The van der Waals surface area contributed by atoms with E-state index in [1.807, 2.05) is 6.07 Å². The van der Waals surface area contributed by atoms with Gasteiger partial charge in [-0.25, -0.2) is 13.2 Å². The summed E-state index contributed by atoms with van der Waals surface area (Å²) in [6.45, 7) is 0. The second-order valence-corrected chi connectivity index (χ2v) is 10.8. The highest BCUT2D eigenvalue weighted by Gasteiger charge is 2.35. The molecule has 2 N–H and O–H groups in total. The van der Waals surface area contributed by atoms with Gasteiger partial charge in [-0.3, -0.25) is 0 Å². The molecule has 3 aromatic carbocycles. The molecule has 1 unspecified atom stereocenters. The molecule has 9 heteroatoms. The Morgan fingerprint density at radius 2 is 1.69 bits per heavy atom. The van der Waals surface area contributed by atoms with Crippen molar-refractivity contribution in [3.8, 4) is 0 Å². The molecule has 1 heterocycles. The average molecular weight is 500 g/mol.